The number of non-ortho nitro benzene ring substituents is 1. The number of hydrogen-bond acceptors (Lipinski definition) is 10. The van der Waals surface area contributed by atoms with Gasteiger partial charge in [-0.05, 0) is 18.2 Å². The van der Waals surface area contributed by atoms with Gasteiger partial charge in [-0.2, -0.15) is 0 Å². The van der Waals surface area contributed by atoms with Gasteiger partial charge in [0.1, 0.15) is 0 Å². The first-order valence-corrected chi connectivity index (χ1v) is 10.7. The molecule has 32 heavy (non-hydrogen) atoms. The number of amides is 2. The third kappa shape index (κ3) is 5.92. The van der Waals surface area contributed by atoms with E-state index in [2.05, 4.69) is 20.8 Å². The molecule has 0 saturated heterocycles. The first-order valence-electron chi connectivity index (χ1n) is 8.93. The van der Waals surface area contributed by atoms with Crippen LogP contribution in [0.2, 0.25) is 0 Å². The molecule has 0 saturated carbocycles. The number of methoxy groups -OCH3 is 2. The standard InChI is InChI=1S/C19H17N5O6S2/c1-29-14-7-6-12(9-15(14)30-2)20-16(25)10-31-19-23-22-18(32-19)21-17(26)11-4-3-5-13(8-11)24(27)28/h3-9H,10H2,1-2H3,(H,20,25)(H,21,22,26). The molecule has 2 amide bonds. The summed E-state index contributed by atoms with van der Waals surface area (Å²) in [5.41, 5.74) is 0.486. The Kier molecular flexibility index (Phi) is 7.57. The van der Waals surface area contributed by atoms with E-state index in [1.54, 1.807) is 18.2 Å². The van der Waals surface area contributed by atoms with E-state index in [-0.39, 0.29) is 28.0 Å². The lowest BCUT2D eigenvalue weighted by Gasteiger charge is -2.10. The molecule has 0 unspecified atom stereocenters. The zero-order valence-electron chi connectivity index (χ0n) is 16.9. The molecule has 3 rings (SSSR count). The van der Waals surface area contributed by atoms with E-state index in [1.165, 1.54) is 38.5 Å². The van der Waals surface area contributed by atoms with E-state index >= 15 is 0 Å². The predicted molar refractivity (Wildman–Crippen MR) is 120 cm³/mol. The Morgan fingerprint density at radius 2 is 1.88 bits per heavy atom. The van der Waals surface area contributed by atoms with Gasteiger partial charge in [-0.25, -0.2) is 0 Å². The monoisotopic (exact) mass is 475 g/mol. The molecule has 0 aliphatic carbocycles. The highest BCUT2D eigenvalue weighted by Gasteiger charge is 2.15. The van der Waals surface area contributed by atoms with Crippen LogP contribution in [0.3, 0.4) is 0 Å². The zero-order chi connectivity index (χ0) is 23.1. The minimum absolute atomic E-state index is 0.0712. The molecule has 0 aliphatic rings. The highest BCUT2D eigenvalue weighted by molar-refractivity contribution is 8.01. The average Bonchev–Trinajstić information content (AvgIpc) is 3.24. The molecule has 0 bridgehead atoms. The van der Waals surface area contributed by atoms with Crippen molar-refractivity contribution in [2.45, 2.75) is 4.34 Å². The number of benzene rings is 2. The van der Waals surface area contributed by atoms with Gasteiger partial charge in [-0.15, -0.1) is 10.2 Å². The van der Waals surface area contributed by atoms with Gasteiger partial charge in [0.15, 0.2) is 15.8 Å². The van der Waals surface area contributed by atoms with E-state index in [4.69, 9.17) is 9.47 Å². The Hall–Kier alpha value is -3.71. The number of ether oxygens (including phenoxy) is 2. The van der Waals surface area contributed by atoms with E-state index in [1.807, 2.05) is 0 Å². The van der Waals surface area contributed by atoms with Crippen LogP contribution in [-0.2, 0) is 4.79 Å². The number of thioether (sulfide) groups is 1. The third-order valence-corrected chi connectivity index (χ3v) is 5.91. The predicted octanol–water partition coefficient (Wildman–Crippen LogP) is 3.45. The van der Waals surface area contributed by atoms with E-state index in [9.17, 15) is 19.7 Å². The van der Waals surface area contributed by atoms with Crippen LogP contribution in [0.5, 0.6) is 11.5 Å². The normalized spacial score (nSPS) is 10.3. The lowest BCUT2D eigenvalue weighted by Crippen LogP contribution is -2.14. The maximum absolute atomic E-state index is 12.3. The van der Waals surface area contributed by atoms with Gasteiger partial charge >= 0.3 is 0 Å². The summed E-state index contributed by atoms with van der Waals surface area (Å²) in [6.07, 6.45) is 0. The van der Waals surface area contributed by atoms with Crippen molar-refractivity contribution in [3.63, 3.8) is 0 Å². The van der Waals surface area contributed by atoms with Crippen LogP contribution >= 0.6 is 23.1 Å². The van der Waals surface area contributed by atoms with Crippen molar-refractivity contribution < 1.29 is 24.0 Å². The van der Waals surface area contributed by atoms with Crippen molar-refractivity contribution in [1.29, 1.82) is 0 Å². The summed E-state index contributed by atoms with van der Waals surface area (Å²) >= 11 is 2.24. The maximum atomic E-state index is 12.3. The Labute approximate surface area is 190 Å². The quantitative estimate of drug-likeness (QED) is 0.206. The fourth-order valence-electron chi connectivity index (χ4n) is 2.49. The molecule has 0 aliphatic heterocycles. The molecular weight excluding hydrogens is 458 g/mol. The number of nitrogens with zero attached hydrogens (tertiary/aromatic N) is 3. The number of nitro groups is 1. The summed E-state index contributed by atoms with van der Waals surface area (Å²) in [5.74, 6) is 0.300. The molecule has 166 valence electrons. The molecule has 13 heteroatoms. The topological polar surface area (TPSA) is 146 Å². The van der Waals surface area contributed by atoms with Gasteiger partial charge in [0.05, 0.1) is 24.9 Å². The molecule has 0 atom stereocenters. The number of hydrogen-bond donors (Lipinski definition) is 2. The summed E-state index contributed by atoms with van der Waals surface area (Å²) in [6, 6.07) is 10.4. The van der Waals surface area contributed by atoms with Crippen molar-refractivity contribution in [2.24, 2.45) is 0 Å². The smallest absolute Gasteiger partial charge is 0.270 e. The van der Waals surface area contributed by atoms with Crippen LogP contribution in [0.25, 0.3) is 0 Å². The van der Waals surface area contributed by atoms with Gasteiger partial charge in [0.25, 0.3) is 11.6 Å². The summed E-state index contributed by atoms with van der Waals surface area (Å²) in [6.45, 7) is 0. The molecule has 3 aromatic rings. The van der Waals surface area contributed by atoms with E-state index in [0.29, 0.717) is 21.5 Å². The van der Waals surface area contributed by atoms with Crippen molar-refractivity contribution in [3.8, 4) is 11.5 Å². The first-order chi connectivity index (χ1) is 15.4. The number of anilines is 2. The van der Waals surface area contributed by atoms with Crippen LogP contribution in [0.4, 0.5) is 16.5 Å². The summed E-state index contributed by atoms with van der Waals surface area (Å²) in [4.78, 5) is 34.8. The molecule has 0 radical (unpaired) electrons. The van der Waals surface area contributed by atoms with Gasteiger partial charge in [0, 0.05) is 29.4 Å². The summed E-state index contributed by atoms with van der Waals surface area (Å²) < 4.78 is 10.8. The Morgan fingerprint density at radius 1 is 1.09 bits per heavy atom. The Balaban J connectivity index is 1.54. The Morgan fingerprint density at radius 3 is 2.59 bits per heavy atom. The van der Waals surface area contributed by atoms with E-state index < -0.39 is 10.8 Å². The summed E-state index contributed by atoms with van der Waals surface area (Å²) in [5, 5.41) is 24.1. The van der Waals surface area contributed by atoms with Crippen LogP contribution in [0.15, 0.2) is 46.8 Å². The molecule has 1 aromatic heterocycles. The van der Waals surface area contributed by atoms with Gasteiger partial charge < -0.3 is 14.8 Å². The van der Waals surface area contributed by atoms with Gasteiger partial charge in [-0.1, -0.05) is 29.2 Å². The first kappa shape index (κ1) is 23.0. The van der Waals surface area contributed by atoms with Crippen molar-refractivity contribution in [1.82, 2.24) is 10.2 Å². The van der Waals surface area contributed by atoms with Crippen LogP contribution in [-0.4, -0.2) is 46.9 Å². The second kappa shape index (κ2) is 10.5. The zero-order valence-corrected chi connectivity index (χ0v) is 18.5. The molecular formula is C19H17N5O6S2. The maximum Gasteiger partial charge on any atom is 0.270 e. The molecule has 2 aromatic carbocycles. The largest absolute Gasteiger partial charge is 0.493 e. The highest BCUT2D eigenvalue weighted by Crippen LogP contribution is 2.30. The Bertz CT molecular complexity index is 1150. The number of carbonyl (C=O) groups is 2. The fraction of sp³-hybridized carbons (Fsp3) is 0.158. The lowest BCUT2D eigenvalue weighted by atomic mass is 10.2. The van der Waals surface area contributed by atoms with Gasteiger partial charge in [0.2, 0.25) is 11.0 Å². The molecule has 11 nitrogen and oxygen atoms in total. The second-order valence-corrected chi connectivity index (χ2v) is 8.24. The third-order valence-electron chi connectivity index (χ3n) is 3.94. The molecule has 2 N–H and O–H groups in total. The van der Waals surface area contributed by atoms with Crippen LogP contribution < -0.4 is 20.1 Å². The van der Waals surface area contributed by atoms with Crippen molar-refractivity contribution in [3.05, 3.63) is 58.1 Å². The number of nitro benzene ring substituents is 1. The second-order valence-electron chi connectivity index (χ2n) is 6.04. The highest BCUT2D eigenvalue weighted by atomic mass is 32.2. The fourth-order valence-corrected chi connectivity index (χ4v) is 4.03. The number of aromatic nitrogens is 2. The van der Waals surface area contributed by atoms with Crippen molar-refractivity contribution >= 4 is 51.4 Å². The minimum Gasteiger partial charge on any atom is -0.493 e. The average molecular weight is 476 g/mol. The van der Waals surface area contributed by atoms with Crippen LogP contribution in [0, 0.1) is 10.1 Å². The van der Waals surface area contributed by atoms with Crippen LogP contribution in [0.1, 0.15) is 10.4 Å². The molecule has 0 fully saturated rings. The molecule has 0 spiro atoms. The number of rotatable bonds is 9. The summed E-state index contributed by atoms with van der Waals surface area (Å²) in [7, 11) is 3.03. The number of carbonyl (C=O) groups excluding carboxylic acids is 2. The van der Waals surface area contributed by atoms with Crippen molar-refractivity contribution in [2.75, 3.05) is 30.6 Å². The minimum atomic E-state index is -0.580. The van der Waals surface area contributed by atoms with Gasteiger partial charge in [-0.3, -0.25) is 25.0 Å². The SMILES string of the molecule is COc1ccc(NC(=O)CSc2nnc(NC(=O)c3cccc([N+](=O)[O-])c3)s2)cc1OC. The van der Waals surface area contributed by atoms with E-state index in [0.717, 1.165) is 23.1 Å². The lowest BCUT2D eigenvalue weighted by molar-refractivity contribution is -0.384. The molecule has 1 heterocycles. The number of nitrogens with one attached hydrogen (secondary N) is 2.